The summed E-state index contributed by atoms with van der Waals surface area (Å²) in [4.78, 5) is 12.2. The first-order chi connectivity index (χ1) is 10.2. The zero-order chi connectivity index (χ0) is 15.1. The summed E-state index contributed by atoms with van der Waals surface area (Å²) in [7, 11) is 1.80. The maximum atomic E-state index is 4.58. The summed E-state index contributed by atoms with van der Waals surface area (Å²) in [5, 5.41) is 6.69. The Labute approximate surface area is 149 Å². The van der Waals surface area contributed by atoms with Gasteiger partial charge in [0, 0.05) is 26.1 Å². The van der Waals surface area contributed by atoms with Crippen LogP contribution in [-0.2, 0) is 6.42 Å². The van der Waals surface area contributed by atoms with E-state index < -0.39 is 0 Å². The number of hydrogen-bond donors (Lipinski definition) is 3. The van der Waals surface area contributed by atoms with Gasteiger partial charge in [0.15, 0.2) is 5.96 Å². The Balaban J connectivity index is 0.00000242. The molecule has 1 unspecified atom stereocenters. The van der Waals surface area contributed by atoms with Crippen LogP contribution in [0.15, 0.2) is 29.3 Å². The van der Waals surface area contributed by atoms with Gasteiger partial charge in [0.2, 0.25) is 0 Å². The van der Waals surface area contributed by atoms with Crippen molar-refractivity contribution < 1.29 is 0 Å². The van der Waals surface area contributed by atoms with Gasteiger partial charge in [-0.2, -0.15) is 0 Å². The summed E-state index contributed by atoms with van der Waals surface area (Å²) in [6.45, 7) is 5.20. The van der Waals surface area contributed by atoms with Crippen LogP contribution >= 0.6 is 24.0 Å². The number of guanidine groups is 1. The lowest BCUT2D eigenvalue weighted by Crippen LogP contribution is -2.42. The van der Waals surface area contributed by atoms with Crippen molar-refractivity contribution in [3.63, 3.8) is 0 Å². The van der Waals surface area contributed by atoms with Gasteiger partial charge in [0.05, 0.1) is 11.0 Å². The lowest BCUT2D eigenvalue weighted by Gasteiger charge is -2.16. The Kier molecular flexibility index (Phi) is 8.22. The molecule has 1 atom stereocenters. The number of hydrogen-bond acceptors (Lipinski definition) is 2. The average Bonchev–Trinajstić information content (AvgIpc) is 2.92. The molecule has 0 bridgehead atoms. The van der Waals surface area contributed by atoms with Crippen molar-refractivity contribution >= 4 is 41.0 Å². The van der Waals surface area contributed by atoms with Crippen molar-refractivity contribution in [3.05, 3.63) is 30.1 Å². The number of aromatic amines is 1. The second-order valence-corrected chi connectivity index (χ2v) is 5.26. The van der Waals surface area contributed by atoms with Gasteiger partial charge in [-0.3, -0.25) is 4.99 Å². The number of para-hydroxylation sites is 2. The Hall–Kier alpha value is -1.31. The molecule has 0 saturated carbocycles. The van der Waals surface area contributed by atoms with Gasteiger partial charge >= 0.3 is 0 Å². The van der Waals surface area contributed by atoms with Gasteiger partial charge in [-0.25, -0.2) is 4.98 Å². The Bertz CT molecular complexity index is 560. The molecule has 0 aliphatic heterocycles. The molecule has 1 aromatic carbocycles. The molecule has 0 aliphatic carbocycles. The lowest BCUT2D eigenvalue weighted by molar-refractivity contribution is 0.619. The van der Waals surface area contributed by atoms with E-state index in [1.807, 2.05) is 18.2 Å². The highest BCUT2D eigenvalue weighted by Gasteiger charge is 2.04. The van der Waals surface area contributed by atoms with Gasteiger partial charge in [0.1, 0.15) is 5.82 Å². The zero-order valence-corrected chi connectivity index (χ0v) is 15.8. The summed E-state index contributed by atoms with van der Waals surface area (Å²) in [6.07, 6.45) is 3.03. The number of aromatic nitrogens is 2. The quantitative estimate of drug-likeness (QED) is 0.294. The molecule has 2 rings (SSSR count). The number of halogens is 1. The molecular weight excluding hydrogens is 389 g/mol. The highest BCUT2D eigenvalue weighted by molar-refractivity contribution is 14.0. The zero-order valence-electron chi connectivity index (χ0n) is 13.5. The summed E-state index contributed by atoms with van der Waals surface area (Å²) in [5.74, 6) is 1.91. The Morgan fingerprint density at radius 3 is 2.82 bits per heavy atom. The molecule has 1 aromatic heterocycles. The third-order valence-electron chi connectivity index (χ3n) is 3.54. The Morgan fingerprint density at radius 1 is 1.36 bits per heavy atom. The molecule has 2 aromatic rings. The van der Waals surface area contributed by atoms with E-state index >= 15 is 0 Å². The molecule has 0 radical (unpaired) electrons. The predicted molar refractivity (Wildman–Crippen MR) is 104 cm³/mol. The topological polar surface area (TPSA) is 65.1 Å². The number of aliphatic imine (C=N–C) groups is 1. The molecule has 122 valence electrons. The number of aryl methyl sites for hydroxylation is 1. The van der Waals surface area contributed by atoms with Crippen molar-refractivity contribution in [2.45, 2.75) is 39.2 Å². The smallest absolute Gasteiger partial charge is 0.191 e. The second kappa shape index (κ2) is 9.66. The number of fused-ring (bicyclic) bond motifs is 1. The van der Waals surface area contributed by atoms with Crippen molar-refractivity contribution in [3.8, 4) is 0 Å². The van der Waals surface area contributed by atoms with Crippen LogP contribution in [0, 0.1) is 0 Å². The van der Waals surface area contributed by atoms with Gasteiger partial charge < -0.3 is 15.6 Å². The van der Waals surface area contributed by atoms with Crippen LogP contribution in [0.4, 0.5) is 0 Å². The number of imidazole rings is 1. The van der Waals surface area contributed by atoms with Gasteiger partial charge in [0.25, 0.3) is 0 Å². The molecule has 0 fully saturated rings. The third kappa shape index (κ3) is 5.47. The number of benzene rings is 1. The second-order valence-electron chi connectivity index (χ2n) is 5.26. The van der Waals surface area contributed by atoms with Crippen LogP contribution in [0.2, 0.25) is 0 Å². The molecular formula is C16H26IN5. The fourth-order valence-electron chi connectivity index (χ4n) is 2.12. The fraction of sp³-hybridized carbons (Fsp3) is 0.500. The van der Waals surface area contributed by atoms with E-state index in [4.69, 9.17) is 0 Å². The number of nitrogens with zero attached hydrogens (tertiary/aromatic N) is 2. The largest absolute Gasteiger partial charge is 0.356 e. The first-order valence-corrected chi connectivity index (χ1v) is 7.63. The molecule has 0 spiro atoms. The summed E-state index contributed by atoms with van der Waals surface area (Å²) >= 11 is 0. The molecule has 6 heteroatoms. The van der Waals surface area contributed by atoms with Crippen LogP contribution in [0.5, 0.6) is 0 Å². The van der Waals surface area contributed by atoms with Crippen molar-refractivity contribution in [2.24, 2.45) is 4.99 Å². The summed E-state index contributed by atoms with van der Waals surface area (Å²) in [6, 6.07) is 8.56. The monoisotopic (exact) mass is 415 g/mol. The normalized spacial score (nSPS) is 12.8. The lowest BCUT2D eigenvalue weighted by atomic mass is 10.2. The number of nitrogens with one attached hydrogen (secondary N) is 3. The van der Waals surface area contributed by atoms with E-state index in [-0.39, 0.29) is 24.0 Å². The van der Waals surface area contributed by atoms with E-state index in [0.29, 0.717) is 6.04 Å². The number of rotatable bonds is 6. The molecule has 0 saturated heterocycles. The maximum absolute atomic E-state index is 4.58. The van der Waals surface area contributed by atoms with E-state index in [1.165, 1.54) is 0 Å². The average molecular weight is 415 g/mol. The summed E-state index contributed by atoms with van der Waals surface area (Å²) in [5.41, 5.74) is 2.14. The van der Waals surface area contributed by atoms with Crippen molar-refractivity contribution in [1.82, 2.24) is 20.6 Å². The van der Waals surface area contributed by atoms with Crippen molar-refractivity contribution in [2.75, 3.05) is 13.6 Å². The van der Waals surface area contributed by atoms with Crippen LogP contribution in [0.3, 0.4) is 0 Å². The van der Waals surface area contributed by atoms with Crippen molar-refractivity contribution in [1.29, 1.82) is 0 Å². The third-order valence-corrected chi connectivity index (χ3v) is 3.54. The standard InChI is InChI=1S/C16H25N5.HI/c1-4-12(2)19-16(17-3)18-11-7-10-15-20-13-8-5-6-9-14(13)21-15;/h5-6,8-9,12H,4,7,10-11H2,1-3H3,(H,20,21)(H2,17,18,19);1H. The van der Waals surface area contributed by atoms with Crippen LogP contribution in [0.25, 0.3) is 11.0 Å². The Morgan fingerprint density at radius 2 is 2.14 bits per heavy atom. The molecule has 0 amide bonds. The molecule has 22 heavy (non-hydrogen) atoms. The van der Waals surface area contributed by atoms with E-state index in [2.05, 4.69) is 45.5 Å². The minimum atomic E-state index is 0. The molecule has 0 aliphatic rings. The molecule has 5 nitrogen and oxygen atoms in total. The summed E-state index contributed by atoms with van der Waals surface area (Å²) < 4.78 is 0. The van der Waals surface area contributed by atoms with Crippen LogP contribution in [-0.4, -0.2) is 35.6 Å². The van der Waals surface area contributed by atoms with Gasteiger partial charge in [-0.05, 0) is 31.9 Å². The fourth-order valence-corrected chi connectivity index (χ4v) is 2.12. The van der Waals surface area contributed by atoms with E-state index in [0.717, 1.165) is 48.6 Å². The minimum absolute atomic E-state index is 0. The maximum Gasteiger partial charge on any atom is 0.191 e. The van der Waals surface area contributed by atoms with E-state index in [1.54, 1.807) is 7.05 Å². The highest BCUT2D eigenvalue weighted by Crippen LogP contribution is 2.10. The number of H-pyrrole nitrogens is 1. The van der Waals surface area contributed by atoms with Crippen LogP contribution < -0.4 is 10.6 Å². The molecule has 3 N–H and O–H groups in total. The molecule has 1 heterocycles. The van der Waals surface area contributed by atoms with Gasteiger partial charge in [-0.1, -0.05) is 19.1 Å². The highest BCUT2D eigenvalue weighted by atomic mass is 127. The SMILES string of the molecule is CCC(C)NC(=NC)NCCCc1nc2ccccc2[nH]1.I. The van der Waals surface area contributed by atoms with E-state index in [9.17, 15) is 0 Å². The first-order valence-electron chi connectivity index (χ1n) is 7.63. The first kappa shape index (κ1) is 18.7. The predicted octanol–water partition coefficient (Wildman–Crippen LogP) is 3.08. The minimum Gasteiger partial charge on any atom is -0.356 e. The van der Waals surface area contributed by atoms with Crippen LogP contribution in [0.1, 0.15) is 32.5 Å². The van der Waals surface area contributed by atoms with Gasteiger partial charge in [-0.15, -0.1) is 24.0 Å².